The number of hydrogen-bond donors (Lipinski definition) is 1. The molecule has 1 aromatic rings. The number of ether oxygens (including phenoxy) is 2. The lowest BCUT2D eigenvalue weighted by molar-refractivity contribution is -0.145. The Balaban J connectivity index is 2.91. The van der Waals surface area contributed by atoms with Crippen LogP contribution < -0.4 is 10.1 Å². The second-order valence-electron chi connectivity index (χ2n) is 4.91. The third-order valence-corrected chi connectivity index (χ3v) is 2.96. The Hall–Kier alpha value is -1.59. The highest BCUT2D eigenvalue weighted by Crippen LogP contribution is 2.26. The van der Waals surface area contributed by atoms with E-state index in [4.69, 9.17) is 9.47 Å². The van der Waals surface area contributed by atoms with Crippen LogP contribution in [-0.2, 0) is 9.53 Å². The number of carbonyl (C=O) groups is 1. The van der Waals surface area contributed by atoms with Gasteiger partial charge < -0.3 is 14.4 Å². The molecule has 0 fully saturated rings. The van der Waals surface area contributed by atoms with Gasteiger partial charge in [-0.2, -0.15) is 0 Å². The van der Waals surface area contributed by atoms with Crippen molar-refractivity contribution in [3.8, 4) is 5.75 Å². The Morgan fingerprint density at radius 2 is 1.95 bits per heavy atom. The lowest BCUT2D eigenvalue weighted by atomic mass is 10.1. The average molecular weight is 294 g/mol. The molecule has 0 spiro atoms. The van der Waals surface area contributed by atoms with Crippen LogP contribution in [0.5, 0.6) is 5.75 Å². The largest absolute Gasteiger partial charge is 0.494 e. The Bertz CT molecular complexity index is 435. The molecule has 0 aliphatic carbocycles. The first-order valence-electron chi connectivity index (χ1n) is 7.36. The van der Waals surface area contributed by atoms with Crippen molar-refractivity contribution in [3.05, 3.63) is 29.8 Å². The fourth-order valence-corrected chi connectivity index (χ4v) is 1.98. The summed E-state index contributed by atoms with van der Waals surface area (Å²) >= 11 is 0. The first-order chi connectivity index (χ1) is 10.1. The summed E-state index contributed by atoms with van der Waals surface area (Å²) in [6, 6.07) is 7.06. The number of hydrogen-bond acceptors (Lipinski definition) is 5. The zero-order valence-electron chi connectivity index (χ0n) is 13.4. The van der Waals surface area contributed by atoms with Gasteiger partial charge in [-0.15, -0.1) is 0 Å². The van der Waals surface area contributed by atoms with E-state index in [1.54, 1.807) is 0 Å². The molecule has 118 valence electrons. The summed E-state index contributed by atoms with van der Waals surface area (Å²) in [4.78, 5) is 14.3. The van der Waals surface area contributed by atoms with Crippen molar-refractivity contribution in [1.82, 2.24) is 10.2 Å². The molecule has 5 heteroatoms. The number of nitrogens with one attached hydrogen (secondary N) is 1. The predicted octanol–water partition coefficient (Wildman–Crippen LogP) is 1.84. The van der Waals surface area contributed by atoms with Crippen molar-refractivity contribution in [1.29, 1.82) is 0 Å². The van der Waals surface area contributed by atoms with E-state index in [1.165, 1.54) is 0 Å². The number of esters is 1. The molecule has 0 saturated carbocycles. The fraction of sp³-hybridized carbons (Fsp3) is 0.562. The summed E-state index contributed by atoms with van der Waals surface area (Å²) in [6.45, 7) is 6.19. The van der Waals surface area contributed by atoms with E-state index in [1.807, 2.05) is 52.2 Å². The number of nitrogens with zero attached hydrogens (tertiary/aromatic N) is 1. The second kappa shape index (κ2) is 9.37. The van der Waals surface area contributed by atoms with E-state index in [2.05, 4.69) is 10.2 Å². The van der Waals surface area contributed by atoms with Gasteiger partial charge in [0.2, 0.25) is 0 Å². The van der Waals surface area contributed by atoms with Gasteiger partial charge in [-0.1, -0.05) is 18.2 Å². The molecule has 1 N–H and O–H groups in total. The molecule has 1 rings (SSSR count). The average Bonchev–Trinajstić information content (AvgIpc) is 2.45. The number of para-hydroxylation sites is 1. The van der Waals surface area contributed by atoms with Gasteiger partial charge in [-0.05, 0) is 34.0 Å². The molecule has 0 amide bonds. The Labute approximate surface area is 127 Å². The third-order valence-electron chi connectivity index (χ3n) is 2.96. The van der Waals surface area contributed by atoms with E-state index >= 15 is 0 Å². The molecule has 0 aromatic heterocycles. The van der Waals surface area contributed by atoms with Crippen LogP contribution in [0.2, 0.25) is 0 Å². The van der Waals surface area contributed by atoms with Gasteiger partial charge in [0.15, 0.2) is 0 Å². The van der Waals surface area contributed by atoms with Crippen molar-refractivity contribution in [2.45, 2.75) is 19.9 Å². The number of rotatable bonds is 9. The highest BCUT2D eigenvalue weighted by molar-refractivity contribution is 5.78. The van der Waals surface area contributed by atoms with Gasteiger partial charge in [0.25, 0.3) is 0 Å². The second-order valence-corrected chi connectivity index (χ2v) is 4.91. The van der Waals surface area contributed by atoms with Crippen LogP contribution >= 0.6 is 0 Å². The molecule has 21 heavy (non-hydrogen) atoms. The summed E-state index contributed by atoms with van der Waals surface area (Å²) in [5.74, 6) is 0.443. The minimum atomic E-state index is -0.507. The number of likely N-dealkylation sites (N-methyl/N-ethyl adjacent to an activating group) is 1. The van der Waals surface area contributed by atoms with Crippen LogP contribution in [0, 0.1) is 0 Å². The molecule has 0 heterocycles. The summed E-state index contributed by atoms with van der Waals surface area (Å²) in [5, 5.41) is 3.25. The van der Waals surface area contributed by atoms with Crippen molar-refractivity contribution < 1.29 is 14.3 Å². The first-order valence-corrected chi connectivity index (χ1v) is 7.36. The van der Waals surface area contributed by atoms with Crippen molar-refractivity contribution in [2.24, 2.45) is 0 Å². The molecule has 1 atom stereocenters. The molecule has 0 aliphatic heterocycles. The maximum Gasteiger partial charge on any atom is 0.327 e. The van der Waals surface area contributed by atoms with Gasteiger partial charge >= 0.3 is 5.97 Å². The topological polar surface area (TPSA) is 50.8 Å². The van der Waals surface area contributed by atoms with Crippen molar-refractivity contribution >= 4 is 5.97 Å². The summed E-state index contributed by atoms with van der Waals surface area (Å²) in [7, 11) is 3.99. The zero-order valence-corrected chi connectivity index (χ0v) is 13.4. The smallest absolute Gasteiger partial charge is 0.327 e. The summed E-state index contributed by atoms with van der Waals surface area (Å²) in [6.07, 6.45) is 0. The quantitative estimate of drug-likeness (QED) is 0.704. The molecule has 0 bridgehead atoms. The standard InChI is InChI=1S/C16H26N2O3/c1-5-20-14-10-8-7-9-13(14)15(16(19)21-6-2)17-11-12-18(3)4/h7-10,15,17H,5-6,11-12H2,1-4H3. The lowest BCUT2D eigenvalue weighted by Gasteiger charge is -2.21. The van der Waals surface area contributed by atoms with E-state index < -0.39 is 6.04 Å². The Morgan fingerprint density at radius 3 is 2.57 bits per heavy atom. The first kappa shape index (κ1) is 17.5. The van der Waals surface area contributed by atoms with Gasteiger partial charge in [-0.25, -0.2) is 4.79 Å². The van der Waals surface area contributed by atoms with E-state index in [0.29, 0.717) is 19.8 Å². The zero-order chi connectivity index (χ0) is 15.7. The summed E-state index contributed by atoms with van der Waals surface area (Å²) in [5.41, 5.74) is 0.816. The third kappa shape index (κ3) is 5.73. The Morgan fingerprint density at radius 1 is 1.24 bits per heavy atom. The van der Waals surface area contributed by atoms with Crippen LogP contribution in [0.25, 0.3) is 0 Å². The van der Waals surface area contributed by atoms with Crippen LogP contribution in [0.15, 0.2) is 24.3 Å². The van der Waals surface area contributed by atoms with Gasteiger partial charge in [-0.3, -0.25) is 5.32 Å². The predicted molar refractivity (Wildman–Crippen MR) is 83.5 cm³/mol. The maximum atomic E-state index is 12.2. The maximum absolute atomic E-state index is 12.2. The van der Waals surface area contributed by atoms with E-state index in [9.17, 15) is 4.79 Å². The monoisotopic (exact) mass is 294 g/mol. The minimum absolute atomic E-state index is 0.275. The van der Waals surface area contributed by atoms with Crippen molar-refractivity contribution in [2.75, 3.05) is 40.4 Å². The molecular weight excluding hydrogens is 268 g/mol. The minimum Gasteiger partial charge on any atom is -0.494 e. The SMILES string of the molecule is CCOC(=O)C(NCCN(C)C)c1ccccc1OCC. The molecule has 0 saturated heterocycles. The number of carbonyl (C=O) groups excluding carboxylic acids is 1. The van der Waals surface area contributed by atoms with E-state index in [0.717, 1.165) is 17.9 Å². The highest BCUT2D eigenvalue weighted by atomic mass is 16.5. The Kier molecular flexibility index (Phi) is 7.79. The van der Waals surface area contributed by atoms with Crippen LogP contribution in [0.1, 0.15) is 25.5 Å². The van der Waals surface area contributed by atoms with Crippen LogP contribution in [0.4, 0.5) is 0 Å². The molecule has 0 aliphatic rings. The van der Waals surface area contributed by atoms with Crippen LogP contribution in [-0.4, -0.2) is 51.3 Å². The molecule has 5 nitrogen and oxygen atoms in total. The normalized spacial score (nSPS) is 12.2. The van der Waals surface area contributed by atoms with E-state index in [-0.39, 0.29) is 5.97 Å². The molecule has 0 radical (unpaired) electrons. The fourth-order valence-electron chi connectivity index (χ4n) is 1.98. The number of benzene rings is 1. The van der Waals surface area contributed by atoms with Gasteiger partial charge in [0.05, 0.1) is 13.2 Å². The molecule has 1 unspecified atom stereocenters. The van der Waals surface area contributed by atoms with Crippen LogP contribution in [0.3, 0.4) is 0 Å². The van der Waals surface area contributed by atoms with Gasteiger partial charge in [0.1, 0.15) is 11.8 Å². The lowest BCUT2D eigenvalue weighted by Crippen LogP contribution is -2.35. The highest BCUT2D eigenvalue weighted by Gasteiger charge is 2.24. The van der Waals surface area contributed by atoms with Crippen molar-refractivity contribution in [3.63, 3.8) is 0 Å². The molecular formula is C16H26N2O3. The molecule has 1 aromatic carbocycles. The summed E-state index contributed by atoms with van der Waals surface area (Å²) < 4.78 is 10.8. The van der Waals surface area contributed by atoms with Gasteiger partial charge in [0, 0.05) is 18.7 Å².